The summed E-state index contributed by atoms with van der Waals surface area (Å²) >= 11 is 0. The van der Waals surface area contributed by atoms with Gasteiger partial charge in [-0.25, -0.2) is 15.0 Å². The Morgan fingerprint density at radius 2 is 1.74 bits per heavy atom. The summed E-state index contributed by atoms with van der Waals surface area (Å²) in [6, 6.07) is 12.5. The number of fused-ring (bicyclic) bond motifs is 1. The van der Waals surface area contributed by atoms with E-state index < -0.39 is 30.0 Å². The van der Waals surface area contributed by atoms with Gasteiger partial charge in [-0.05, 0) is 41.2 Å². The first-order valence-electron chi connectivity index (χ1n) is 12.5. The highest BCUT2D eigenvalue weighted by Crippen LogP contribution is 2.43. The lowest BCUT2D eigenvalue weighted by Crippen LogP contribution is -2.50. The van der Waals surface area contributed by atoms with E-state index in [0.29, 0.717) is 42.9 Å². The number of H-pyrrole nitrogens is 1. The average molecular weight is 526 g/mol. The van der Waals surface area contributed by atoms with Crippen molar-refractivity contribution in [1.29, 1.82) is 0 Å². The van der Waals surface area contributed by atoms with Gasteiger partial charge in [0.15, 0.2) is 5.60 Å². The summed E-state index contributed by atoms with van der Waals surface area (Å²) < 4.78 is 48.7. The number of benzene rings is 1. The number of nitrogens with zero attached hydrogens (tertiary/aromatic N) is 4. The average Bonchev–Trinajstić information content (AvgIpc) is 3.30. The van der Waals surface area contributed by atoms with E-state index in [2.05, 4.69) is 24.8 Å². The number of pyridine rings is 1. The Bertz CT molecular complexity index is 1400. The molecule has 38 heavy (non-hydrogen) atoms. The van der Waals surface area contributed by atoms with Crippen molar-refractivity contribution in [3.05, 3.63) is 72.4 Å². The number of nitrogens with one attached hydrogen (secondary N) is 1. The Balaban J connectivity index is 1.41. The fourth-order valence-electron chi connectivity index (χ4n) is 5.10. The van der Waals surface area contributed by atoms with E-state index in [1.54, 1.807) is 44.4 Å². The lowest BCUT2D eigenvalue weighted by atomic mass is 9.73. The van der Waals surface area contributed by atoms with Gasteiger partial charge in [0.05, 0.1) is 24.2 Å². The fourth-order valence-corrected chi connectivity index (χ4v) is 5.10. The van der Waals surface area contributed by atoms with Gasteiger partial charge >= 0.3 is 6.18 Å². The molecule has 5 rings (SSSR count). The zero-order chi connectivity index (χ0) is 27.0. The minimum absolute atomic E-state index is 0.275. The molecule has 4 heterocycles. The van der Waals surface area contributed by atoms with E-state index in [9.17, 15) is 18.3 Å². The van der Waals surface area contributed by atoms with Gasteiger partial charge in [-0.15, -0.1) is 0 Å². The molecule has 0 bridgehead atoms. The molecule has 0 spiro atoms. The monoisotopic (exact) mass is 525 g/mol. The molecule has 1 aromatic carbocycles. The largest absolute Gasteiger partial charge is 0.417 e. The maximum absolute atomic E-state index is 14.4. The lowest BCUT2D eigenvalue weighted by Gasteiger charge is -2.38. The quantitative estimate of drug-likeness (QED) is 0.351. The first-order valence-corrected chi connectivity index (χ1v) is 12.5. The molecule has 1 unspecified atom stereocenters. The van der Waals surface area contributed by atoms with Crippen molar-refractivity contribution < 1.29 is 23.0 Å². The molecule has 1 atom stereocenters. The third kappa shape index (κ3) is 5.37. The molecule has 0 amide bonds. The van der Waals surface area contributed by atoms with Crippen LogP contribution < -0.4 is 4.90 Å². The molecular formula is C28H30F3N5O2. The van der Waals surface area contributed by atoms with Gasteiger partial charge in [0.1, 0.15) is 12.1 Å². The highest BCUT2D eigenvalue weighted by molar-refractivity contribution is 5.78. The van der Waals surface area contributed by atoms with Crippen molar-refractivity contribution >= 4 is 16.9 Å². The molecule has 1 aliphatic heterocycles. The van der Waals surface area contributed by atoms with Gasteiger partial charge in [-0.1, -0.05) is 38.1 Å². The molecule has 7 nitrogen and oxygen atoms in total. The van der Waals surface area contributed by atoms with Gasteiger partial charge in [0.2, 0.25) is 0 Å². The van der Waals surface area contributed by atoms with Gasteiger partial charge in [-0.3, -0.25) is 0 Å². The molecule has 1 saturated heterocycles. The van der Waals surface area contributed by atoms with Crippen LogP contribution in [0.2, 0.25) is 0 Å². The molecule has 10 heteroatoms. The van der Waals surface area contributed by atoms with Crippen LogP contribution in [-0.2, 0) is 16.6 Å². The lowest BCUT2D eigenvalue weighted by molar-refractivity contribution is -0.266. The molecular weight excluding hydrogens is 495 g/mol. The van der Waals surface area contributed by atoms with E-state index in [1.807, 2.05) is 24.3 Å². The van der Waals surface area contributed by atoms with Crippen LogP contribution in [-0.4, -0.2) is 63.1 Å². The summed E-state index contributed by atoms with van der Waals surface area (Å²) in [5, 5.41) is 11.2. The number of morpholine rings is 1. The Labute approximate surface area is 218 Å². The van der Waals surface area contributed by atoms with Crippen LogP contribution in [0.4, 0.5) is 19.0 Å². The maximum Gasteiger partial charge on any atom is 0.417 e. The zero-order valence-corrected chi connectivity index (χ0v) is 21.3. The second-order valence-electron chi connectivity index (χ2n) is 10.5. The van der Waals surface area contributed by atoms with Gasteiger partial charge in [-0.2, -0.15) is 13.2 Å². The first kappa shape index (κ1) is 26.1. The predicted molar refractivity (Wildman–Crippen MR) is 139 cm³/mol. The Kier molecular flexibility index (Phi) is 6.87. The van der Waals surface area contributed by atoms with Gasteiger partial charge in [0.25, 0.3) is 0 Å². The minimum atomic E-state index is -4.85. The van der Waals surface area contributed by atoms with Crippen LogP contribution in [0.1, 0.15) is 31.5 Å². The molecule has 0 radical (unpaired) electrons. The summed E-state index contributed by atoms with van der Waals surface area (Å²) in [5.74, 6) is 0.752. The summed E-state index contributed by atoms with van der Waals surface area (Å²) in [4.78, 5) is 17.8. The number of alkyl halides is 3. The van der Waals surface area contributed by atoms with Crippen LogP contribution in [0, 0.1) is 0 Å². The van der Waals surface area contributed by atoms with E-state index in [4.69, 9.17) is 4.74 Å². The van der Waals surface area contributed by atoms with Gasteiger partial charge < -0.3 is 19.7 Å². The number of aromatic amines is 1. The summed E-state index contributed by atoms with van der Waals surface area (Å²) in [7, 11) is 0. The number of hydrogen-bond acceptors (Lipinski definition) is 6. The number of rotatable bonds is 7. The van der Waals surface area contributed by atoms with Crippen molar-refractivity contribution in [3.8, 4) is 11.1 Å². The maximum atomic E-state index is 14.4. The number of anilines is 1. The van der Waals surface area contributed by atoms with Crippen LogP contribution in [0.3, 0.4) is 0 Å². The van der Waals surface area contributed by atoms with Crippen molar-refractivity contribution in [3.63, 3.8) is 0 Å². The SMILES string of the molecule is CC(C)(CC(O)(Cc1cc2nc(N3CCOCC3)ccc2[nH]1)C(F)(F)F)c1cccc(-c2cncnc2)c1. The van der Waals surface area contributed by atoms with Crippen LogP contribution in [0.15, 0.2) is 61.2 Å². The molecule has 0 saturated carbocycles. The smallest absolute Gasteiger partial charge is 0.380 e. The summed E-state index contributed by atoms with van der Waals surface area (Å²) in [6.45, 7) is 6.05. The topological polar surface area (TPSA) is 87.2 Å². The molecule has 1 aliphatic rings. The number of halogens is 3. The van der Waals surface area contributed by atoms with Crippen LogP contribution in [0.5, 0.6) is 0 Å². The Morgan fingerprint density at radius 1 is 1.00 bits per heavy atom. The predicted octanol–water partition coefficient (Wildman–Crippen LogP) is 5.06. The molecule has 3 aromatic heterocycles. The van der Waals surface area contributed by atoms with E-state index in [1.165, 1.54) is 6.33 Å². The normalized spacial score (nSPS) is 16.5. The number of ether oxygens (including phenoxy) is 1. The number of aromatic nitrogens is 4. The van der Waals surface area contributed by atoms with Crippen molar-refractivity contribution in [2.75, 3.05) is 31.2 Å². The highest BCUT2D eigenvalue weighted by Gasteiger charge is 2.56. The van der Waals surface area contributed by atoms with E-state index in [0.717, 1.165) is 16.9 Å². The van der Waals surface area contributed by atoms with Crippen LogP contribution >= 0.6 is 0 Å². The Morgan fingerprint density at radius 3 is 2.45 bits per heavy atom. The molecule has 200 valence electrons. The van der Waals surface area contributed by atoms with Gasteiger partial charge in [0, 0.05) is 43.2 Å². The van der Waals surface area contributed by atoms with E-state index >= 15 is 0 Å². The van der Waals surface area contributed by atoms with Crippen molar-refractivity contribution in [2.24, 2.45) is 0 Å². The van der Waals surface area contributed by atoms with E-state index in [-0.39, 0.29) is 5.69 Å². The number of hydrogen-bond donors (Lipinski definition) is 2. The van der Waals surface area contributed by atoms with Crippen LogP contribution in [0.25, 0.3) is 22.2 Å². The second kappa shape index (κ2) is 9.99. The second-order valence-corrected chi connectivity index (χ2v) is 10.5. The standard InChI is InChI=1S/C28H30F3N5O2/c1-26(2,21-5-3-4-19(12-21)20-15-32-18-33-16-20)17-27(37,28(29,30)31)14-22-13-24-23(34-22)6-7-25(35-24)36-8-10-38-11-9-36/h3-7,12-13,15-16,18,34,37H,8-11,14,17H2,1-2H3. The van der Waals surface area contributed by atoms with Crippen molar-refractivity contribution in [2.45, 2.75) is 43.9 Å². The molecule has 2 N–H and O–H groups in total. The molecule has 4 aromatic rings. The number of aliphatic hydroxyl groups is 1. The highest BCUT2D eigenvalue weighted by atomic mass is 19.4. The zero-order valence-electron chi connectivity index (χ0n) is 21.3. The first-order chi connectivity index (χ1) is 18.0. The minimum Gasteiger partial charge on any atom is -0.380 e. The third-order valence-electron chi connectivity index (χ3n) is 7.13. The molecule has 1 fully saturated rings. The summed E-state index contributed by atoms with van der Waals surface area (Å²) in [6.07, 6.45) is -1.27. The fraction of sp³-hybridized carbons (Fsp3) is 0.393. The van der Waals surface area contributed by atoms with Crippen molar-refractivity contribution in [1.82, 2.24) is 19.9 Å². The summed E-state index contributed by atoms with van der Waals surface area (Å²) in [5.41, 5.74) is -0.265. The Hall–Kier alpha value is -3.50. The third-order valence-corrected chi connectivity index (χ3v) is 7.13. The molecule has 0 aliphatic carbocycles.